The minimum absolute atomic E-state index is 0.145. The number of H-pyrrole nitrogens is 1. The topological polar surface area (TPSA) is 69.8 Å². The lowest BCUT2D eigenvalue weighted by molar-refractivity contribution is -0.121. The Kier molecular flexibility index (Phi) is 4.75. The van der Waals surface area contributed by atoms with Crippen LogP contribution in [0, 0.1) is 6.92 Å². The number of nitrogens with zero attached hydrogens (tertiary/aromatic N) is 1. The third kappa shape index (κ3) is 4.49. The van der Waals surface area contributed by atoms with Crippen molar-refractivity contribution in [1.82, 2.24) is 20.8 Å². The van der Waals surface area contributed by atoms with Crippen molar-refractivity contribution in [2.45, 2.75) is 45.1 Å². The molecule has 0 aromatic carbocycles. The highest BCUT2D eigenvalue weighted by atomic mass is 16.1. The van der Waals surface area contributed by atoms with E-state index in [9.17, 15) is 4.79 Å². The third-order valence-electron chi connectivity index (χ3n) is 3.24. The Hall–Kier alpha value is -1.36. The van der Waals surface area contributed by atoms with Crippen molar-refractivity contribution in [3.05, 3.63) is 17.5 Å². The minimum atomic E-state index is 0.145. The molecule has 2 rings (SSSR count). The van der Waals surface area contributed by atoms with Crippen molar-refractivity contribution < 1.29 is 4.79 Å². The first-order valence-corrected chi connectivity index (χ1v) is 6.74. The zero-order chi connectivity index (χ0) is 12.8. The molecule has 5 heteroatoms. The molecule has 0 atom stereocenters. The van der Waals surface area contributed by atoms with E-state index in [4.69, 9.17) is 0 Å². The first-order valence-electron chi connectivity index (χ1n) is 6.74. The summed E-state index contributed by atoms with van der Waals surface area (Å²) in [6, 6.07) is 0.682. The summed E-state index contributed by atoms with van der Waals surface area (Å²) in [4.78, 5) is 11.5. The molecular formula is C13H22N4O. The molecule has 1 aromatic rings. The smallest absolute Gasteiger partial charge is 0.221 e. The van der Waals surface area contributed by atoms with Gasteiger partial charge in [-0.1, -0.05) is 0 Å². The van der Waals surface area contributed by atoms with Gasteiger partial charge in [0.2, 0.25) is 5.91 Å². The van der Waals surface area contributed by atoms with Crippen LogP contribution in [-0.2, 0) is 11.2 Å². The summed E-state index contributed by atoms with van der Waals surface area (Å²) in [6.45, 7) is 3.56. The molecule has 0 bridgehead atoms. The zero-order valence-electron chi connectivity index (χ0n) is 11.0. The Bertz CT molecular complexity index is 384. The molecule has 1 heterocycles. The van der Waals surface area contributed by atoms with Gasteiger partial charge in [0.15, 0.2) is 0 Å². The van der Waals surface area contributed by atoms with E-state index < -0.39 is 0 Å². The van der Waals surface area contributed by atoms with Crippen molar-refractivity contribution in [3.63, 3.8) is 0 Å². The predicted molar refractivity (Wildman–Crippen MR) is 70.3 cm³/mol. The maximum absolute atomic E-state index is 11.5. The molecule has 1 amide bonds. The van der Waals surface area contributed by atoms with Crippen molar-refractivity contribution in [2.24, 2.45) is 0 Å². The number of carbonyl (C=O) groups is 1. The van der Waals surface area contributed by atoms with E-state index in [2.05, 4.69) is 20.8 Å². The van der Waals surface area contributed by atoms with Crippen LogP contribution in [0.3, 0.4) is 0 Å². The predicted octanol–water partition coefficient (Wildman–Crippen LogP) is 0.909. The molecular weight excluding hydrogens is 228 g/mol. The highest BCUT2D eigenvalue weighted by molar-refractivity contribution is 5.76. The molecule has 5 nitrogen and oxygen atoms in total. The van der Waals surface area contributed by atoms with Crippen molar-refractivity contribution in [2.75, 3.05) is 13.1 Å². The van der Waals surface area contributed by atoms with Crippen LogP contribution < -0.4 is 10.6 Å². The van der Waals surface area contributed by atoms with Gasteiger partial charge in [0.25, 0.3) is 0 Å². The summed E-state index contributed by atoms with van der Waals surface area (Å²) in [5.74, 6) is 0.145. The SMILES string of the molecule is Cc1[nH]ncc1CCCNC(=O)CCNC1CC1. The standard InChI is InChI=1S/C13H22N4O/c1-10-11(9-16-17-10)3-2-7-15-13(18)6-8-14-12-4-5-12/h9,12,14H,2-8H2,1H3,(H,15,18)(H,16,17). The Morgan fingerprint density at radius 3 is 3.00 bits per heavy atom. The van der Waals surface area contributed by atoms with Gasteiger partial charge in [-0.15, -0.1) is 0 Å². The monoisotopic (exact) mass is 250 g/mol. The lowest BCUT2D eigenvalue weighted by Crippen LogP contribution is -2.29. The number of amides is 1. The van der Waals surface area contributed by atoms with E-state index in [0.717, 1.165) is 31.6 Å². The zero-order valence-corrected chi connectivity index (χ0v) is 11.0. The Morgan fingerprint density at radius 2 is 2.33 bits per heavy atom. The Morgan fingerprint density at radius 1 is 1.50 bits per heavy atom. The number of nitrogens with one attached hydrogen (secondary N) is 3. The number of rotatable bonds is 8. The summed E-state index contributed by atoms with van der Waals surface area (Å²) in [6.07, 6.45) is 6.90. The Balaban J connectivity index is 1.49. The van der Waals surface area contributed by atoms with Crippen LogP contribution in [-0.4, -0.2) is 35.2 Å². The van der Waals surface area contributed by atoms with Crippen LogP contribution in [0.25, 0.3) is 0 Å². The number of carbonyl (C=O) groups excluding carboxylic acids is 1. The van der Waals surface area contributed by atoms with Gasteiger partial charge in [0.1, 0.15) is 0 Å². The molecule has 0 saturated heterocycles. The van der Waals surface area contributed by atoms with Gasteiger partial charge in [-0.25, -0.2) is 0 Å². The Labute approximate surface area is 108 Å². The van der Waals surface area contributed by atoms with Crippen LogP contribution in [0.5, 0.6) is 0 Å². The number of hydrogen-bond acceptors (Lipinski definition) is 3. The van der Waals surface area contributed by atoms with Crippen LogP contribution in [0.1, 0.15) is 36.9 Å². The second-order valence-electron chi connectivity index (χ2n) is 4.95. The normalized spacial score (nSPS) is 14.7. The van der Waals surface area contributed by atoms with Crippen LogP contribution in [0.2, 0.25) is 0 Å². The lowest BCUT2D eigenvalue weighted by Gasteiger charge is -2.05. The fourth-order valence-electron chi connectivity index (χ4n) is 1.90. The van der Waals surface area contributed by atoms with Gasteiger partial charge >= 0.3 is 0 Å². The van der Waals surface area contributed by atoms with Crippen LogP contribution in [0.15, 0.2) is 6.20 Å². The van der Waals surface area contributed by atoms with Gasteiger partial charge in [-0.3, -0.25) is 9.89 Å². The number of aromatic nitrogens is 2. The van der Waals surface area contributed by atoms with E-state index in [1.807, 2.05) is 13.1 Å². The van der Waals surface area contributed by atoms with Crippen LogP contribution >= 0.6 is 0 Å². The van der Waals surface area contributed by atoms with Gasteiger partial charge in [-0.05, 0) is 38.2 Å². The van der Waals surface area contributed by atoms with E-state index >= 15 is 0 Å². The summed E-state index contributed by atoms with van der Waals surface area (Å²) < 4.78 is 0. The molecule has 0 unspecified atom stereocenters. The molecule has 1 aromatic heterocycles. The largest absolute Gasteiger partial charge is 0.356 e. The first-order chi connectivity index (χ1) is 8.75. The van der Waals surface area contributed by atoms with E-state index in [1.54, 1.807) is 0 Å². The molecule has 0 radical (unpaired) electrons. The summed E-state index contributed by atoms with van der Waals surface area (Å²) in [5.41, 5.74) is 2.36. The van der Waals surface area contributed by atoms with E-state index in [0.29, 0.717) is 12.5 Å². The highest BCUT2D eigenvalue weighted by Gasteiger charge is 2.19. The second-order valence-corrected chi connectivity index (χ2v) is 4.95. The average molecular weight is 250 g/mol. The van der Waals surface area contributed by atoms with Gasteiger partial charge in [-0.2, -0.15) is 5.10 Å². The molecule has 0 spiro atoms. The number of hydrogen-bond donors (Lipinski definition) is 3. The second kappa shape index (κ2) is 6.54. The number of aromatic amines is 1. The molecule has 0 aliphatic heterocycles. The third-order valence-corrected chi connectivity index (χ3v) is 3.24. The quantitative estimate of drug-likeness (QED) is 0.601. The lowest BCUT2D eigenvalue weighted by atomic mass is 10.1. The molecule has 1 aliphatic carbocycles. The molecule has 18 heavy (non-hydrogen) atoms. The molecule has 1 aliphatic rings. The molecule has 100 valence electrons. The average Bonchev–Trinajstić information content (AvgIpc) is 3.08. The fourth-order valence-corrected chi connectivity index (χ4v) is 1.90. The van der Waals surface area contributed by atoms with Gasteiger partial charge < -0.3 is 10.6 Å². The molecule has 1 fully saturated rings. The maximum Gasteiger partial charge on any atom is 0.221 e. The first kappa shape index (κ1) is 13.1. The maximum atomic E-state index is 11.5. The fraction of sp³-hybridized carbons (Fsp3) is 0.692. The number of aryl methyl sites for hydroxylation is 2. The van der Waals surface area contributed by atoms with Crippen molar-refractivity contribution in [1.29, 1.82) is 0 Å². The summed E-state index contributed by atoms with van der Waals surface area (Å²) in [7, 11) is 0. The van der Waals surface area contributed by atoms with E-state index in [-0.39, 0.29) is 5.91 Å². The van der Waals surface area contributed by atoms with Crippen molar-refractivity contribution in [3.8, 4) is 0 Å². The summed E-state index contributed by atoms with van der Waals surface area (Å²) in [5, 5.41) is 13.2. The minimum Gasteiger partial charge on any atom is -0.356 e. The molecule has 3 N–H and O–H groups in total. The van der Waals surface area contributed by atoms with Gasteiger partial charge in [0, 0.05) is 31.2 Å². The molecule has 1 saturated carbocycles. The summed E-state index contributed by atoms with van der Waals surface area (Å²) >= 11 is 0. The van der Waals surface area contributed by atoms with Crippen molar-refractivity contribution >= 4 is 5.91 Å². The van der Waals surface area contributed by atoms with E-state index in [1.165, 1.54) is 18.4 Å². The highest BCUT2D eigenvalue weighted by Crippen LogP contribution is 2.18. The van der Waals surface area contributed by atoms with Gasteiger partial charge in [0.05, 0.1) is 6.20 Å². The van der Waals surface area contributed by atoms with Crippen LogP contribution in [0.4, 0.5) is 0 Å².